The number of aromatic nitrogens is 1. The second-order valence-corrected chi connectivity index (χ2v) is 8.22. The highest BCUT2D eigenvalue weighted by atomic mass is 79.9. The summed E-state index contributed by atoms with van der Waals surface area (Å²) in [5, 5.41) is 13.8. The lowest BCUT2D eigenvalue weighted by atomic mass is 9.98. The average molecular weight is 433 g/mol. The number of aliphatic hydroxyl groups is 1. The van der Waals surface area contributed by atoms with Crippen molar-refractivity contribution in [3.8, 4) is 11.5 Å². The minimum atomic E-state index is -1.02. The van der Waals surface area contributed by atoms with Crippen LogP contribution in [0.3, 0.4) is 0 Å². The molecule has 0 aliphatic rings. The van der Waals surface area contributed by atoms with Gasteiger partial charge in [-0.1, -0.05) is 15.9 Å². The third kappa shape index (κ3) is 4.89. The minimum Gasteiger partial charge on any atom is -0.436 e. The van der Waals surface area contributed by atoms with Gasteiger partial charge in [-0.3, -0.25) is 0 Å². The topological polar surface area (TPSA) is 67.5 Å². The van der Waals surface area contributed by atoms with Crippen LogP contribution in [0, 0.1) is 0 Å². The summed E-state index contributed by atoms with van der Waals surface area (Å²) in [4.78, 5) is 4.59. The normalized spacial score (nSPS) is 12.1. The number of nitrogens with zero attached hydrogens (tertiary/aromatic N) is 1. The molecule has 2 N–H and O–H groups in total. The summed E-state index contributed by atoms with van der Waals surface area (Å²) in [7, 11) is 0. The van der Waals surface area contributed by atoms with E-state index in [-0.39, 0.29) is 6.10 Å². The Kier molecular flexibility index (Phi) is 5.89. The van der Waals surface area contributed by atoms with E-state index in [4.69, 9.17) is 9.15 Å². The zero-order valence-electron chi connectivity index (χ0n) is 16.0. The first-order valence-corrected chi connectivity index (χ1v) is 9.82. The van der Waals surface area contributed by atoms with Crippen molar-refractivity contribution < 1.29 is 14.3 Å². The van der Waals surface area contributed by atoms with Gasteiger partial charge in [-0.05, 0) is 64.1 Å². The number of hydrogen-bond donors (Lipinski definition) is 2. The zero-order valence-corrected chi connectivity index (χ0v) is 17.6. The molecule has 1 aromatic heterocycles. The molecule has 3 aromatic rings. The first kappa shape index (κ1) is 19.9. The van der Waals surface area contributed by atoms with Gasteiger partial charge in [0.2, 0.25) is 5.89 Å². The van der Waals surface area contributed by atoms with E-state index in [0.29, 0.717) is 29.2 Å². The van der Waals surface area contributed by atoms with Crippen molar-refractivity contribution in [2.24, 2.45) is 0 Å². The Morgan fingerprint density at radius 2 is 1.93 bits per heavy atom. The average Bonchev–Trinajstić information content (AvgIpc) is 3.01. The van der Waals surface area contributed by atoms with Crippen molar-refractivity contribution in [3.05, 3.63) is 46.4 Å². The Labute approximate surface area is 167 Å². The lowest BCUT2D eigenvalue weighted by molar-refractivity contribution is 0.0791. The van der Waals surface area contributed by atoms with E-state index in [2.05, 4.69) is 26.2 Å². The Hall–Kier alpha value is -1.89. The highest BCUT2D eigenvalue weighted by Gasteiger charge is 2.23. The van der Waals surface area contributed by atoms with Crippen LogP contribution < -0.4 is 5.32 Å². The summed E-state index contributed by atoms with van der Waals surface area (Å²) in [5.41, 5.74) is 2.90. The quantitative estimate of drug-likeness (QED) is 0.494. The van der Waals surface area contributed by atoms with Gasteiger partial charge >= 0.3 is 0 Å². The Morgan fingerprint density at radius 1 is 1.22 bits per heavy atom. The molecule has 0 saturated heterocycles. The summed E-state index contributed by atoms with van der Waals surface area (Å²) < 4.78 is 12.4. The van der Waals surface area contributed by atoms with Crippen LogP contribution in [0.5, 0.6) is 0 Å². The Bertz CT molecular complexity index is 912. The smallest absolute Gasteiger partial charge is 0.227 e. The van der Waals surface area contributed by atoms with Gasteiger partial charge in [-0.2, -0.15) is 0 Å². The van der Waals surface area contributed by atoms with E-state index in [9.17, 15) is 5.11 Å². The van der Waals surface area contributed by atoms with Crippen LogP contribution in [0.4, 0.5) is 5.69 Å². The van der Waals surface area contributed by atoms with E-state index in [1.54, 1.807) is 13.8 Å². The fourth-order valence-electron chi connectivity index (χ4n) is 2.80. The van der Waals surface area contributed by atoms with Crippen molar-refractivity contribution in [1.29, 1.82) is 0 Å². The lowest BCUT2D eigenvalue weighted by Gasteiger charge is -2.17. The van der Waals surface area contributed by atoms with E-state index in [1.165, 1.54) is 0 Å². The van der Waals surface area contributed by atoms with Gasteiger partial charge in [0.15, 0.2) is 5.58 Å². The summed E-state index contributed by atoms with van der Waals surface area (Å²) in [6.45, 7) is 8.94. The lowest BCUT2D eigenvalue weighted by Crippen LogP contribution is -2.15. The van der Waals surface area contributed by atoms with Crippen LogP contribution in [0.25, 0.3) is 22.6 Å². The largest absolute Gasteiger partial charge is 0.436 e. The van der Waals surface area contributed by atoms with Crippen molar-refractivity contribution in [3.63, 3.8) is 0 Å². The highest BCUT2D eigenvalue weighted by Crippen LogP contribution is 2.34. The van der Waals surface area contributed by atoms with Crippen molar-refractivity contribution in [1.82, 2.24) is 4.98 Å². The molecule has 0 spiro atoms. The van der Waals surface area contributed by atoms with Crippen LogP contribution >= 0.6 is 15.9 Å². The Balaban J connectivity index is 1.81. The van der Waals surface area contributed by atoms with E-state index in [1.807, 2.05) is 50.2 Å². The number of fused-ring (bicyclic) bond motifs is 1. The summed E-state index contributed by atoms with van der Waals surface area (Å²) in [6.07, 6.45) is 0.238. The van der Waals surface area contributed by atoms with Gasteiger partial charge in [-0.25, -0.2) is 4.98 Å². The molecule has 0 radical (unpaired) electrons. The van der Waals surface area contributed by atoms with E-state index >= 15 is 0 Å². The molecule has 0 atom stereocenters. The number of ether oxygens (including phenoxy) is 1. The number of halogens is 1. The third-order valence-electron chi connectivity index (χ3n) is 4.13. The molecule has 144 valence electrons. The second kappa shape index (κ2) is 8.00. The molecule has 0 aliphatic heterocycles. The van der Waals surface area contributed by atoms with E-state index < -0.39 is 5.60 Å². The molecule has 0 fully saturated rings. The van der Waals surface area contributed by atoms with Crippen molar-refractivity contribution in [2.45, 2.75) is 39.4 Å². The monoisotopic (exact) mass is 432 g/mol. The summed E-state index contributed by atoms with van der Waals surface area (Å²) >= 11 is 3.48. The third-order valence-corrected chi connectivity index (χ3v) is 4.59. The summed E-state index contributed by atoms with van der Waals surface area (Å²) in [5.74, 6) is 0.531. The zero-order chi connectivity index (χ0) is 19.6. The van der Waals surface area contributed by atoms with Crippen molar-refractivity contribution >= 4 is 32.7 Å². The number of rotatable bonds is 7. The molecule has 2 aromatic carbocycles. The molecular weight excluding hydrogens is 408 g/mol. The van der Waals surface area contributed by atoms with Gasteiger partial charge in [0.25, 0.3) is 0 Å². The first-order chi connectivity index (χ1) is 12.7. The fraction of sp³-hybridized carbons (Fsp3) is 0.381. The van der Waals surface area contributed by atoms with Crippen LogP contribution in [0.1, 0.15) is 33.3 Å². The highest BCUT2D eigenvalue weighted by molar-refractivity contribution is 9.10. The number of benzene rings is 2. The standard InChI is InChI=1S/C21H25BrN2O3/c1-13(2)26-10-9-23-16-7-5-14(6-8-16)20-24-18-12-15(22)11-17(19(18)27-20)21(3,4)25/h5-8,11-13,23,25H,9-10H2,1-4H3. The van der Waals surface area contributed by atoms with Crippen LogP contribution in [-0.4, -0.2) is 29.3 Å². The maximum atomic E-state index is 10.4. The number of anilines is 1. The molecule has 0 aliphatic carbocycles. The maximum absolute atomic E-state index is 10.4. The molecule has 0 saturated carbocycles. The number of oxazole rings is 1. The van der Waals surface area contributed by atoms with Gasteiger partial charge in [-0.15, -0.1) is 0 Å². The van der Waals surface area contributed by atoms with Gasteiger partial charge < -0.3 is 19.6 Å². The van der Waals surface area contributed by atoms with Gasteiger partial charge in [0, 0.05) is 27.8 Å². The second-order valence-electron chi connectivity index (χ2n) is 7.30. The van der Waals surface area contributed by atoms with Gasteiger partial charge in [0.1, 0.15) is 5.52 Å². The molecule has 0 bridgehead atoms. The SMILES string of the molecule is CC(C)OCCNc1ccc(-c2nc3cc(Br)cc(C(C)(C)O)c3o2)cc1. The first-order valence-electron chi connectivity index (χ1n) is 9.03. The number of hydrogen-bond acceptors (Lipinski definition) is 5. The minimum absolute atomic E-state index is 0.238. The van der Waals surface area contributed by atoms with Crippen LogP contribution in [0.15, 0.2) is 45.3 Å². The molecule has 27 heavy (non-hydrogen) atoms. The molecule has 6 heteroatoms. The molecule has 3 rings (SSSR count). The predicted octanol–water partition coefficient (Wildman–Crippen LogP) is 5.32. The molecule has 0 unspecified atom stereocenters. The molecule has 0 amide bonds. The molecule has 1 heterocycles. The van der Waals surface area contributed by atoms with Gasteiger partial charge in [0.05, 0.1) is 18.3 Å². The maximum Gasteiger partial charge on any atom is 0.227 e. The molecule has 5 nitrogen and oxygen atoms in total. The molecular formula is C21H25BrN2O3. The predicted molar refractivity (Wildman–Crippen MR) is 112 cm³/mol. The summed E-state index contributed by atoms with van der Waals surface area (Å²) in [6, 6.07) is 11.7. The van der Waals surface area contributed by atoms with Crippen LogP contribution in [-0.2, 0) is 10.3 Å². The van der Waals surface area contributed by atoms with Crippen LogP contribution in [0.2, 0.25) is 0 Å². The van der Waals surface area contributed by atoms with E-state index in [0.717, 1.165) is 22.3 Å². The fourth-order valence-corrected chi connectivity index (χ4v) is 3.24. The Morgan fingerprint density at radius 3 is 2.56 bits per heavy atom. The van der Waals surface area contributed by atoms with Crippen molar-refractivity contribution in [2.75, 3.05) is 18.5 Å². The number of nitrogens with one attached hydrogen (secondary N) is 1.